The molecule has 7 heteroatoms. The number of benzene rings is 2. The molecule has 2 aliphatic rings. The maximum absolute atomic E-state index is 12.8. The van der Waals surface area contributed by atoms with E-state index in [4.69, 9.17) is 24.2 Å². The second-order valence-corrected chi connectivity index (χ2v) is 7.01. The first-order chi connectivity index (χ1) is 13.1. The van der Waals surface area contributed by atoms with Crippen molar-refractivity contribution in [2.75, 3.05) is 13.4 Å². The van der Waals surface area contributed by atoms with Gasteiger partial charge in [0.15, 0.2) is 19.2 Å². The summed E-state index contributed by atoms with van der Waals surface area (Å²) < 4.78 is 22.9. The molecule has 0 spiro atoms. The van der Waals surface area contributed by atoms with Crippen LogP contribution in [0.15, 0.2) is 34.5 Å². The summed E-state index contributed by atoms with van der Waals surface area (Å²) in [5.41, 5.74) is 2.86. The molecule has 0 N–H and O–H groups in total. The average molecular weight is 428 g/mol. The lowest BCUT2D eigenvalue weighted by Crippen LogP contribution is -2.12. The zero-order valence-electron chi connectivity index (χ0n) is 14.4. The van der Waals surface area contributed by atoms with E-state index in [1.54, 1.807) is 18.2 Å². The third-order valence-electron chi connectivity index (χ3n) is 4.24. The van der Waals surface area contributed by atoms with Gasteiger partial charge in [-0.1, -0.05) is 15.9 Å². The minimum absolute atomic E-state index is 0.0710. The molecule has 2 aromatic rings. The lowest BCUT2D eigenvalue weighted by Gasteiger charge is -2.20. The van der Waals surface area contributed by atoms with Crippen LogP contribution in [0.2, 0.25) is 0 Å². The van der Waals surface area contributed by atoms with Gasteiger partial charge in [0.1, 0.15) is 23.3 Å². The summed E-state index contributed by atoms with van der Waals surface area (Å²) in [6.45, 7) is 2.35. The second-order valence-electron chi connectivity index (χ2n) is 6.09. The number of rotatable bonds is 3. The molecule has 2 heterocycles. The van der Waals surface area contributed by atoms with Gasteiger partial charge >= 0.3 is 0 Å². The molecule has 0 aromatic heterocycles. The molecular weight excluding hydrogens is 414 g/mol. The molecule has 2 aromatic carbocycles. The monoisotopic (exact) mass is 427 g/mol. The van der Waals surface area contributed by atoms with Crippen LogP contribution < -0.4 is 14.2 Å². The number of hydrogen-bond donors (Lipinski definition) is 0. The standard InChI is InChI=1S/C20H14BrNO5/c1-11-4-15(25-3-2-22)8-16-18(11)19(23)17(27-16)7-12-5-14(21)6-13-9-24-10-26-20(12)13/h4-8H,3,9-10H2,1H3/b17-7-. The van der Waals surface area contributed by atoms with Crippen molar-refractivity contribution in [3.05, 3.63) is 56.8 Å². The van der Waals surface area contributed by atoms with E-state index in [1.807, 2.05) is 25.1 Å². The number of allylic oxidation sites excluding steroid dienone is 1. The van der Waals surface area contributed by atoms with E-state index in [0.29, 0.717) is 29.4 Å². The molecule has 0 amide bonds. The number of nitrogens with zero attached hydrogens (tertiary/aromatic N) is 1. The highest BCUT2D eigenvalue weighted by Gasteiger charge is 2.30. The first kappa shape index (κ1) is 17.6. The van der Waals surface area contributed by atoms with Crippen molar-refractivity contribution in [3.8, 4) is 23.3 Å². The minimum atomic E-state index is -0.199. The molecule has 0 radical (unpaired) electrons. The fourth-order valence-corrected chi connectivity index (χ4v) is 3.66. The van der Waals surface area contributed by atoms with Crippen molar-refractivity contribution in [1.82, 2.24) is 0 Å². The van der Waals surface area contributed by atoms with E-state index >= 15 is 0 Å². The van der Waals surface area contributed by atoms with Gasteiger partial charge in [-0.15, -0.1) is 0 Å². The fraction of sp³-hybridized carbons (Fsp3) is 0.200. The number of aryl methyl sites for hydroxylation is 1. The maximum Gasteiger partial charge on any atom is 0.232 e. The largest absolute Gasteiger partial charge is 0.479 e. The quantitative estimate of drug-likeness (QED) is 0.684. The number of hydrogen-bond acceptors (Lipinski definition) is 6. The molecule has 136 valence electrons. The molecule has 0 atom stereocenters. The SMILES string of the molecule is Cc1cc(OCC#N)cc2c1C(=O)/C(=C/c1cc(Br)cc3c1OCOC3)O2. The van der Waals surface area contributed by atoms with Gasteiger partial charge in [0.25, 0.3) is 0 Å². The van der Waals surface area contributed by atoms with E-state index in [-0.39, 0.29) is 24.9 Å². The number of Topliss-reactive ketones (excluding diaryl/α,β-unsaturated/α-hetero) is 1. The Balaban J connectivity index is 1.72. The van der Waals surface area contributed by atoms with E-state index in [2.05, 4.69) is 15.9 Å². The van der Waals surface area contributed by atoms with Crippen molar-refractivity contribution in [3.63, 3.8) is 0 Å². The molecule has 0 bridgehead atoms. The summed E-state index contributed by atoms with van der Waals surface area (Å²) in [6.07, 6.45) is 1.67. The van der Waals surface area contributed by atoms with Crippen LogP contribution in [0.25, 0.3) is 6.08 Å². The van der Waals surface area contributed by atoms with Gasteiger partial charge in [-0.05, 0) is 36.8 Å². The Morgan fingerprint density at radius 1 is 1.33 bits per heavy atom. The van der Waals surface area contributed by atoms with Crippen LogP contribution in [0.3, 0.4) is 0 Å². The Hall–Kier alpha value is -2.82. The number of nitriles is 1. The normalized spacial score (nSPS) is 16.2. The summed E-state index contributed by atoms with van der Waals surface area (Å²) in [6, 6.07) is 9.05. The highest BCUT2D eigenvalue weighted by Crippen LogP contribution is 2.39. The van der Waals surface area contributed by atoms with Crippen LogP contribution in [0.5, 0.6) is 17.2 Å². The summed E-state index contributed by atoms with van der Waals surface area (Å²) in [5, 5.41) is 8.66. The molecule has 0 unspecified atom stereocenters. The topological polar surface area (TPSA) is 77.8 Å². The first-order valence-electron chi connectivity index (χ1n) is 8.18. The van der Waals surface area contributed by atoms with Gasteiger partial charge < -0.3 is 18.9 Å². The summed E-state index contributed by atoms with van der Waals surface area (Å²) >= 11 is 3.47. The number of carbonyl (C=O) groups is 1. The molecule has 0 aliphatic carbocycles. The molecule has 6 nitrogen and oxygen atoms in total. The molecule has 27 heavy (non-hydrogen) atoms. The van der Waals surface area contributed by atoms with Crippen molar-refractivity contribution >= 4 is 27.8 Å². The molecule has 0 saturated carbocycles. The Kier molecular flexibility index (Phi) is 4.60. The Morgan fingerprint density at radius 2 is 2.19 bits per heavy atom. The number of ether oxygens (including phenoxy) is 4. The number of carbonyl (C=O) groups excluding carboxylic acids is 1. The predicted octanol–water partition coefficient (Wildman–Crippen LogP) is 4.14. The van der Waals surface area contributed by atoms with Crippen LogP contribution in [0, 0.1) is 18.3 Å². The van der Waals surface area contributed by atoms with E-state index in [0.717, 1.165) is 21.2 Å². The lowest BCUT2D eigenvalue weighted by atomic mass is 10.0. The number of ketones is 1. The van der Waals surface area contributed by atoms with Gasteiger partial charge in [-0.25, -0.2) is 0 Å². The summed E-state index contributed by atoms with van der Waals surface area (Å²) in [5.74, 6) is 1.60. The smallest absolute Gasteiger partial charge is 0.232 e. The lowest BCUT2D eigenvalue weighted by molar-refractivity contribution is -0.0165. The summed E-state index contributed by atoms with van der Waals surface area (Å²) in [7, 11) is 0. The van der Waals surface area contributed by atoms with Crippen LogP contribution in [-0.2, 0) is 11.3 Å². The molecule has 0 saturated heterocycles. The van der Waals surface area contributed by atoms with Crippen LogP contribution in [-0.4, -0.2) is 19.2 Å². The Morgan fingerprint density at radius 3 is 3.00 bits per heavy atom. The third kappa shape index (κ3) is 3.29. The number of fused-ring (bicyclic) bond motifs is 2. The van der Waals surface area contributed by atoms with Crippen LogP contribution in [0.1, 0.15) is 27.0 Å². The molecule has 0 fully saturated rings. The minimum Gasteiger partial charge on any atom is -0.479 e. The van der Waals surface area contributed by atoms with E-state index in [9.17, 15) is 4.79 Å². The maximum atomic E-state index is 12.8. The Labute approximate surface area is 164 Å². The van der Waals surface area contributed by atoms with Gasteiger partial charge in [-0.2, -0.15) is 5.26 Å². The molecule has 2 aliphatic heterocycles. The molecule has 4 rings (SSSR count). The zero-order valence-corrected chi connectivity index (χ0v) is 16.0. The average Bonchev–Trinajstić information content (AvgIpc) is 2.95. The molecular formula is C20H14BrNO5. The van der Waals surface area contributed by atoms with E-state index < -0.39 is 0 Å². The number of halogens is 1. The van der Waals surface area contributed by atoms with Crippen molar-refractivity contribution in [1.29, 1.82) is 5.26 Å². The van der Waals surface area contributed by atoms with Gasteiger partial charge in [0.05, 0.1) is 12.2 Å². The van der Waals surface area contributed by atoms with Crippen molar-refractivity contribution in [2.24, 2.45) is 0 Å². The van der Waals surface area contributed by atoms with Crippen LogP contribution in [0.4, 0.5) is 0 Å². The Bertz CT molecular complexity index is 1020. The van der Waals surface area contributed by atoms with Gasteiger partial charge in [0.2, 0.25) is 5.78 Å². The van der Waals surface area contributed by atoms with Crippen molar-refractivity contribution < 1.29 is 23.7 Å². The van der Waals surface area contributed by atoms with Gasteiger partial charge in [0, 0.05) is 21.7 Å². The zero-order chi connectivity index (χ0) is 19.0. The predicted molar refractivity (Wildman–Crippen MR) is 99.6 cm³/mol. The van der Waals surface area contributed by atoms with Crippen molar-refractivity contribution in [2.45, 2.75) is 13.5 Å². The van der Waals surface area contributed by atoms with Crippen LogP contribution >= 0.6 is 15.9 Å². The third-order valence-corrected chi connectivity index (χ3v) is 4.69. The summed E-state index contributed by atoms with van der Waals surface area (Å²) in [4.78, 5) is 12.8. The fourth-order valence-electron chi connectivity index (χ4n) is 3.13. The second kappa shape index (κ2) is 7.06. The van der Waals surface area contributed by atoms with E-state index in [1.165, 1.54) is 0 Å². The first-order valence-corrected chi connectivity index (χ1v) is 8.97. The highest BCUT2D eigenvalue weighted by atomic mass is 79.9. The van der Waals surface area contributed by atoms with Gasteiger partial charge in [-0.3, -0.25) is 4.79 Å². The highest BCUT2D eigenvalue weighted by molar-refractivity contribution is 9.10.